The number of hydrogen-bond acceptors (Lipinski definition) is 0. The van der Waals surface area contributed by atoms with Crippen LogP contribution in [0.2, 0.25) is 5.02 Å². The van der Waals surface area contributed by atoms with E-state index in [1.165, 1.54) is 16.7 Å². The highest BCUT2D eigenvalue weighted by molar-refractivity contribution is 6.30. The summed E-state index contributed by atoms with van der Waals surface area (Å²) in [6.07, 6.45) is 1.01. The van der Waals surface area contributed by atoms with Gasteiger partial charge in [-0.2, -0.15) is 0 Å². The predicted octanol–water partition coefficient (Wildman–Crippen LogP) is 4.57. The van der Waals surface area contributed by atoms with Crippen LogP contribution in [0.4, 0.5) is 0 Å². The fourth-order valence-electron chi connectivity index (χ4n) is 1.65. The number of hydrogen-bond donors (Lipinski definition) is 0. The van der Waals surface area contributed by atoms with E-state index in [1.54, 1.807) is 0 Å². The zero-order chi connectivity index (χ0) is 10.7. The van der Waals surface area contributed by atoms with Crippen molar-refractivity contribution in [2.24, 2.45) is 0 Å². The van der Waals surface area contributed by atoms with Gasteiger partial charge in [0.1, 0.15) is 0 Å². The first kappa shape index (κ1) is 10.3. The van der Waals surface area contributed by atoms with E-state index in [0.717, 1.165) is 11.4 Å². The second-order valence-electron chi connectivity index (χ2n) is 3.57. The van der Waals surface area contributed by atoms with Crippen molar-refractivity contribution in [1.29, 1.82) is 0 Å². The molecule has 2 aromatic carbocycles. The maximum Gasteiger partial charge on any atom is 0.0414 e. The molecule has 0 aliphatic heterocycles. The van der Waals surface area contributed by atoms with Gasteiger partial charge in [-0.3, -0.25) is 0 Å². The Balaban J connectivity index is 2.49. The second-order valence-corrected chi connectivity index (χ2v) is 4.00. The first-order chi connectivity index (χ1) is 7.29. The van der Waals surface area contributed by atoms with E-state index in [1.807, 2.05) is 30.3 Å². The molecule has 0 spiro atoms. The van der Waals surface area contributed by atoms with Gasteiger partial charge in [-0.25, -0.2) is 0 Å². The molecule has 0 heterocycles. The fourth-order valence-corrected chi connectivity index (χ4v) is 1.91. The van der Waals surface area contributed by atoms with E-state index in [0.29, 0.717) is 0 Å². The molecule has 0 nitrogen and oxygen atoms in total. The van der Waals surface area contributed by atoms with Crippen LogP contribution in [0.5, 0.6) is 0 Å². The summed E-state index contributed by atoms with van der Waals surface area (Å²) in [4.78, 5) is 0. The van der Waals surface area contributed by atoms with Gasteiger partial charge in [0.05, 0.1) is 0 Å². The molecule has 0 fully saturated rings. The maximum absolute atomic E-state index is 6.08. The van der Waals surface area contributed by atoms with E-state index in [4.69, 9.17) is 11.6 Å². The summed E-state index contributed by atoms with van der Waals surface area (Å²) >= 11 is 6.08. The molecule has 2 aromatic rings. The lowest BCUT2D eigenvalue weighted by Gasteiger charge is -2.05. The van der Waals surface area contributed by atoms with E-state index in [-0.39, 0.29) is 0 Å². The number of aryl methyl sites for hydroxylation is 1. The molecular weight excluding hydrogens is 204 g/mol. The lowest BCUT2D eigenvalue weighted by Crippen LogP contribution is -1.83. The van der Waals surface area contributed by atoms with E-state index in [2.05, 4.69) is 25.1 Å². The summed E-state index contributed by atoms with van der Waals surface area (Å²) in [5.74, 6) is 0. The minimum atomic E-state index is 0.813. The van der Waals surface area contributed by atoms with Crippen LogP contribution in [0.1, 0.15) is 12.5 Å². The van der Waals surface area contributed by atoms with Crippen LogP contribution in [0, 0.1) is 0 Å². The third-order valence-corrected chi connectivity index (χ3v) is 2.69. The summed E-state index contributed by atoms with van der Waals surface area (Å²) in [7, 11) is 0. The van der Waals surface area contributed by atoms with E-state index in [9.17, 15) is 0 Å². The molecule has 0 saturated carbocycles. The molecule has 1 heteroatoms. The van der Waals surface area contributed by atoms with Gasteiger partial charge in [0.2, 0.25) is 0 Å². The highest BCUT2D eigenvalue weighted by Gasteiger charge is 2.00. The molecule has 0 radical (unpaired) electrons. The van der Waals surface area contributed by atoms with Crippen LogP contribution >= 0.6 is 11.6 Å². The number of rotatable bonds is 2. The summed E-state index contributed by atoms with van der Waals surface area (Å²) in [5, 5.41) is 0.813. The Morgan fingerprint density at radius 1 is 0.933 bits per heavy atom. The molecule has 0 amide bonds. The Morgan fingerprint density at radius 3 is 2.33 bits per heavy atom. The molecule has 0 aliphatic carbocycles. The average molecular weight is 217 g/mol. The highest BCUT2D eigenvalue weighted by Crippen LogP contribution is 2.24. The molecule has 76 valence electrons. The molecule has 0 aliphatic rings. The largest absolute Gasteiger partial charge is 0.0843 e. The zero-order valence-corrected chi connectivity index (χ0v) is 9.46. The van der Waals surface area contributed by atoms with Gasteiger partial charge in [-0.1, -0.05) is 54.9 Å². The summed E-state index contributed by atoms with van der Waals surface area (Å²) in [6, 6.07) is 16.5. The van der Waals surface area contributed by atoms with Crippen LogP contribution in [-0.2, 0) is 6.42 Å². The Kier molecular flexibility index (Phi) is 3.08. The second kappa shape index (κ2) is 4.50. The quantitative estimate of drug-likeness (QED) is 0.690. The Bertz CT molecular complexity index is 446. The molecule has 0 bridgehead atoms. The van der Waals surface area contributed by atoms with Crippen LogP contribution in [0.3, 0.4) is 0 Å². The van der Waals surface area contributed by atoms with Crippen molar-refractivity contribution in [3.8, 4) is 11.1 Å². The molecule has 0 saturated heterocycles. The third-order valence-electron chi connectivity index (χ3n) is 2.47. The van der Waals surface area contributed by atoms with Gasteiger partial charge < -0.3 is 0 Å². The molecule has 15 heavy (non-hydrogen) atoms. The van der Waals surface area contributed by atoms with Gasteiger partial charge in [-0.15, -0.1) is 0 Å². The van der Waals surface area contributed by atoms with Crippen molar-refractivity contribution >= 4 is 11.6 Å². The Morgan fingerprint density at radius 2 is 1.67 bits per heavy atom. The third kappa shape index (κ3) is 2.40. The van der Waals surface area contributed by atoms with Crippen molar-refractivity contribution in [3.05, 3.63) is 59.1 Å². The lowest BCUT2D eigenvalue weighted by atomic mass is 10.0. The monoisotopic (exact) mass is 216 g/mol. The predicted molar refractivity (Wildman–Crippen MR) is 66.3 cm³/mol. The van der Waals surface area contributed by atoms with Crippen LogP contribution < -0.4 is 0 Å². The standard InChI is InChI=1S/C14H13Cl/c1-2-11-8-13(10-14(15)9-11)12-6-4-3-5-7-12/h3-10H,2H2,1H3. The smallest absolute Gasteiger partial charge is 0.0414 e. The van der Waals surface area contributed by atoms with Crippen molar-refractivity contribution in [3.63, 3.8) is 0 Å². The molecule has 0 unspecified atom stereocenters. The first-order valence-electron chi connectivity index (χ1n) is 5.14. The number of halogens is 1. The van der Waals surface area contributed by atoms with Crippen LogP contribution in [-0.4, -0.2) is 0 Å². The van der Waals surface area contributed by atoms with Gasteiger partial charge in [-0.05, 0) is 35.2 Å². The average Bonchev–Trinajstić information content (AvgIpc) is 2.29. The van der Waals surface area contributed by atoms with Gasteiger partial charge >= 0.3 is 0 Å². The first-order valence-corrected chi connectivity index (χ1v) is 5.52. The zero-order valence-electron chi connectivity index (χ0n) is 8.70. The van der Waals surface area contributed by atoms with E-state index >= 15 is 0 Å². The maximum atomic E-state index is 6.08. The van der Waals surface area contributed by atoms with Crippen molar-refractivity contribution < 1.29 is 0 Å². The summed E-state index contributed by atoms with van der Waals surface area (Å²) < 4.78 is 0. The molecular formula is C14H13Cl. The molecule has 2 rings (SSSR count). The normalized spacial score (nSPS) is 10.3. The molecule has 0 atom stereocenters. The van der Waals surface area contributed by atoms with Crippen LogP contribution in [0.25, 0.3) is 11.1 Å². The summed E-state index contributed by atoms with van der Waals surface area (Å²) in [5.41, 5.74) is 3.69. The van der Waals surface area contributed by atoms with Crippen LogP contribution in [0.15, 0.2) is 48.5 Å². The molecule has 0 aromatic heterocycles. The van der Waals surface area contributed by atoms with Gasteiger partial charge in [0.15, 0.2) is 0 Å². The minimum Gasteiger partial charge on any atom is -0.0843 e. The summed E-state index contributed by atoms with van der Waals surface area (Å²) in [6.45, 7) is 2.14. The topological polar surface area (TPSA) is 0 Å². The minimum absolute atomic E-state index is 0.813. The lowest BCUT2D eigenvalue weighted by molar-refractivity contribution is 1.14. The molecule has 0 N–H and O–H groups in total. The Labute approximate surface area is 95.5 Å². The van der Waals surface area contributed by atoms with Gasteiger partial charge in [0.25, 0.3) is 0 Å². The van der Waals surface area contributed by atoms with Crippen molar-refractivity contribution in [2.75, 3.05) is 0 Å². The number of benzene rings is 2. The Hall–Kier alpha value is -1.27. The highest BCUT2D eigenvalue weighted by atomic mass is 35.5. The van der Waals surface area contributed by atoms with Crippen molar-refractivity contribution in [2.45, 2.75) is 13.3 Å². The fraction of sp³-hybridized carbons (Fsp3) is 0.143. The van der Waals surface area contributed by atoms with Crippen molar-refractivity contribution in [1.82, 2.24) is 0 Å². The van der Waals surface area contributed by atoms with E-state index < -0.39 is 0 Å². The SMILES string of the molecule is CCc1cc(Cl)cc(-c2ccccc2)c1. The van der Waals surface area contributed by atoms with Gasteiger partial charge in [0, 0.05) is 5.02 Å².